The first kappa shape index (κ1) is 15.9. The van der Waals surface area contributed by atoms with Crippen LogP contribution in [-0.4, -0.2) is 43.8 Å². The summed E-state index contributed by atoms with van der Waals surface area (Å²) in [5, 5.41) is 0. The highest BCUT2D eigenvalue weighted by molar-refractivity contribution is 4.74. The topological polar surface area (TPSA) is 38.5 Å². The minimum absolute atomic E-state index is 0. The molecule has 0 spiro atoms. The Labute approximate surface area is 115 Å². The summed E-state index contributed by atoms with van der Waals surface area (Å²) in [6.07, 6.45) is 8.64. The third-order valence-corrected chi connectivity index (χ3v) is 3.87. The van der Waals surface area contributed by atoms with E-state index >= 15 is 0 Å². The van der Waals surface area contributed by atoms with Gasteiger partial charge in [0.2, 0.25) is 0 Å². The fourth-order valence-corrected chi connectivity index (χ4v) is 2.50. The molecular weight excluding hydrogens is 224 g/mol. The molecular formula is C15H34N2O. The summed E-state index contributed by atoms with van der Waals surface area (Å²) in [6, 6.07) is 0. The van der Waals surface area contributed by atoms with E-state index in [0.29, 0.717) is 6.10 Å². The number of hydrogen-bond acceptors (Lipinski definition) is 3. The van der Waals surface area contributed by atoms with Crippen LogP contribution in [0, 0.1) is 5.92 Å². The summed E-state index contributed by atoms with van der Waals surface area (Å²) in [6.45, 7) is 9.84. The lowest BCUT2D eigenvalue weighted by molar-refractivity contribution is -0.0258. The minimum atomic E-state index is 0. The van der Waals surface area contributed by atoms with Gasteiger partial charge in [0.15, 0.2) is 0 Å². The summed E-state index contributed by atoms with van der Waals surface area (Å²) >= 11 is 0. The van der Waals surface area contributed by atoms with Crippen LogP contribution in [0.4, 0.5) is 0 Å². The lowest BCUT2D eigenvalue weighted by atomic mass is 9.94. The van der Waals surface area contributed by atoms with Gasteiger partial charge in [0.25, 0.3) is 0 Å². The Balaban J connectivity index is 0.000000742. The lowest BCUT2D eigenvalue weighted by Gasteiger charge is -2.33. The van der Waals surface area contributed by atoms with Crippen molar-refractivity contribution in [3.8, 4) is 0 Å². The van der Waals surface area contributed by atoms with Gasteiger partial charge in [0.05, 0.1) is 6.10 Å². The quantitative estimate of drug-likeness (QED) is 0.824. The van der Waals surface area contributed by atoms with Crippen LogP contribution in [-0.2, 0) is 4.74 Å². The molecule has 110 valence electrons. The number of piperidine rings is 1. The van der Waals surface area contributed by atoms with Gasteiger partial charge in [-0.05, 0) is 70.6 Å². The van der Waals surface area contributed by atoms with Crippen molar-refractivity contribution in [2.24, 2.45) is 11.7 Å². The first-order valence-electron chi connectivity index (χ1n) is 7.84. The van der Waals surface area contributed by atoms with Crippen LogP contribution < -0.4 is 5.73 Å². The first-order valence-corrected chi connectivity index (χ1v) is 7.84. The molecule has 0 radical (unpaired) electrons. The number of rotatable bonds is 5. The Hall–Kier alpha value is -0.120. The van der Waals surface area contributed by atoms with E-state index in [1.807, 2.05) is 6.92 Å². The van der Waals surface area contributed by atoms with Crippen LogP contribution in [0.1, 0.15) is 53.8 Å². The zero-order valence-corrected chi connectivity index (χ0v) is 12.4. The van der Waals surface area contributed by atoms with Crippen LogP contribution >= 0.6 is 0 Å². The summed E-state index contributed by atoms with van der Waals surface area (Å²) in [5.41, 5.74) is 4.85. The molecule has 0 amide bonds. The molecule has 2 rings (SSSR count). The molecule has 0 unspecified atom stereocenters. The molecule has 0 aromatic carbocycles. The van der Waals surface area contributed by atoms with Gasteiger partial charge in [-0.3, -0.25) is 0 Å². The predicted octanol–water partition coefficient (Wildman–Crippen LogP) is 2.89. The SMILES string of the molecule is CCCN1CCC(COC2CCC2)CC1.CCN.[HH]. The fraction of sp³-hybridized carbons (Fsp3) is 1.00. The second-order valence-electron chi connectivity index (χ2n) is 5.58. The van der Waals surface area contributed by atoms with Crippen LogP contribution in [0.2, 0.25) is 0 Å². The Kier molecular flexibility index (Phi) is 8.64. The molecule has 0 atom stereocenters. The van der Waals surface area contributed by atoms with E-state index in [4.69, 9.17) is 10.5 Å². The van der Waals surface area contributed by atoms with E-state index in [-0.39, 0.29) is 1.43 Å². The van der Waals surface area contributed by atoms with Gasteiger partial charge in [0.1, 0.15) is 0 Å². The van der Waals surface area contributed by atoms with E-state index in [9.17, 15) is 0 Å². The third kappa shape index (κ3) is 6.17. The zero-order chi connectivity index (χ0) is 13.2. The van der Waals surface area contributed by atoms with Crippen molar-refractivity contribution in [2.45, 2.75) is 58.5 Å². The first-order chi connectivity index (χ1) is 8.80. The standard InChI is InChI=1S/C13H25NO.C2H7N.H2/c1-2-8-14-9-6-12(7-10-14)11-15-13-4-3-5-13;1-2-3;/h12-13H,2-11H2,1H3;2-3H2,1H3;1H. The molecule has 3 nitrogen and oxygen atoms in total. The van der Waals surface area contributed by atoms with Gasteiger partial charge >= 0.3 is 0 Å². The average molecular weight is 258 g/mol. The summed E-state index contributed by atoms with van der Waals surface area (Å²) < 4.78 is 5.89. The van der Waals surface area contributed by atoms with Crippen molar-refractivity contribution >= 4 is 0 Å². The van der Waals surface area contributed by atoms with Crippen molar-refractivity contribution in [2.75, 3.05) is 32.8 Å². The summed E-state index contributed by atoms with van der Waals surface area (Å²) in [7, 11) is 0. The van der Waals surface area contributed by atoms with Gasteiger partial charge < -0.3 is 15.4 Å². The summed E-state index contributed by atoms with van der Waals surface area (Å²) in [4.78, 5) is 2.60. The summed E-state index contributed by atoms with van der Waals surface area (Å²) in [5.74, 6) is 0.846. The Morgan fingerprint density at radius 2 is 1.78 bits per heavy atom. The number of hydrogen-bond donors (Lipinski definition) is 1. The molecule has 1 saturated carbocycles. The number of nitrogens with zero attached hydrogens (tertiary/aromatic N) is 1. The van der Waals surface area contributed by atoms with Gasteiger partial charge in [-0.15, -0.1) is 0 Å². The largest absolute Gasteiger partial charge is 0.378 e. The molecule has 0 aromatic rings. The second-order valence-corrected chi connectivity index (χ2v) is 5.58. The molecule has 2 fully saturated rings. The highest BCUT2D eigenvalue weighted by Gasteiger charge is 2.22. The highest BCUT2D eigenvalue weighted by Crippen LogP contribution is 2.24. The zero-order valence-electron chi connectivity index (χ0n) is 12.4. The maximum absolute atomic E-state index is 5.89. The van der Waals surface area contributed by atoms with Crippen LogP contribution in [0.15, 0.2) is 0 Å². The molecule has 2 N–H and O–H groups in total. The Bertz CT molecular complexity index is 193. The monoisotopic (exact) mass is 258 g/mol. The van der Waals surface area contributed by atoms with E-state index < -0.39 is 0 Å². The molecule has 2 aliphatic rings. The fourth-order valence-electron chi connectivity index (χ4n) is 2.50. The molecule has 0 aromatic heterocycles. The molecule has 3 heteroatoms. The van der Waals surface area contributed by atoms with Crippen LogP contribution in [0.3, 0.4) is 0 Å². The van der Waals surface area contributed by atoms with Crippen molar-refractivity contribution in [1.82, 2.24) is 4.90 Å². The number of ether oxygens (including phenoxy) is 1. The van der Waals surface area contributed by atoms with Gasteiger partial charge in [-0.1, -0.05) is 13.8 Å². The number of nitrogens with two attached hydrogens (primary N) is 1. The van der Waals surface area contributed by atoms with E-state index in [0.717, 1.165) is 19.1 Å². The smallest absolute Gasteiger partial charge is 0.0575 e. The van der Waals surface area contributed by atoms with E-state index in [2.05, 4.69) is 11.8 Å². The van der Waals surface area contributed by atoms with E-state index in [1.165, 1.54) is 58.2 Å². The molecule has 1 heterocycles. The van der Waals surface area contributed by atoms with Crippen molar-refractivity contribution in [3.63, 3.8) is 0 Å². The third-order valence-electron chi connectivity index (χ3n) is 3.87. The molecule has 1 aliphatic heterocycles. The highest BCUT2D eigenvalue weighted by atomic mass is 16.5. The van der Waals surface area contributed by atoms with Gasteiger partial charge in [-0.2, -0.15) is 0 Å². The van der Waals surface area contributed by atoms with E-state index in [1.54, 1.807) is 0 Å². The normalized spacial score (nSPS) is 22.2. The van der Waals surface area contributed by atoms with Gasteiger partial charge in [-0.25, -0.2) is 0 Å². The lowest BCUT2D eigenvalue weighted by Crippen LogP contribution is -2.36. The van der Waals surface area contributed by atoms with Crippen molar-refractivity contribution in [3.05, 3.63) is 0 Å². The van der Waals surface area contributed by atoms with Gasteiger partial charge in [0, 0.05) is 8.03 Å². The van der Waals surface area contributed by atoms with Crippen LogP contribution in [0.25, 0.3) is 0 Å². The maximum Gasteiger partial charge on any atom is 0.0575 e. The average Bonchev–Trinajstić information content (AvgIpc) is 2.31. The second kappa shape index (κ2) is 9.76. The maximum atomic E-state index is 5.89. The Morgan fingerprint density at radius 1 is 1.17 bits per heavy atom. The minimum Gasteiger partial charge on any atom is -0.378 e. The van der Waals surface area contributed by atoms with Crippen LogP contribution in [0.5, 0.6) is 0 Å². The molecule has 0 bridgehead atoms. The van der Waals surface area contributed by atoms with Crippen molar-refractivity contribution < 1.29 is 6.16 Å². The number of likely N-dealkylation sites (tertiary alicyclic amines) is 1. The Morgan fingerprint density at radius 3 is 2.22 bits per heavy atom. The predicted molar refractivity (Wildman–Crippen MR) is 79.9 cm³/mol. The molecule has 1 aliphatic carbocycles. The molecule has 1 saturated heterocycles. The molecule has 18 heavy (non-hydrogen) atoms. The van der Waals surface area contributed by atoms with Crippen molar-refractivity contribution in [1.29, 1.82) is 0 Å².